The van der Waals surface area contributed by atoms with Crippen LogP contribution in [0, 0.1) is 0 Å². The van der Waals surface area contributed by atoms with Crippen LogP contribution in [-0.4, -0.2) is 94.2 Å². The van der Waals surface area contributed by atoms with Gasteiger partial charge in [-0.05, 0) is 41.3 Å². The highest BCUT2D eigenvalue weighted by molar-refractivity contribution is 5.99. The maximum atomic E-state index is 12.9. The topological polar surface area (TPSA) is 199 Å². The largest absolute Gasteiger partial charge is 0.424 e. The van der Waals surface area contributed by atoms with Crippen molar-refractivity contribution in [2.75, 3.05) is 64.2 Å². The Morgan fingerprint density at radius 3 is 2.56 bits per heavy atom. The third-order valence-corrected chi connectivity index (χ3v) is 8.03. The lowest BCUT2D eigenvalue weighted by Gasteiger charge is -2.29. The van der Waals surface area contributed by atoms with Crippen LogP contribution < -0.4 is 16.8 Å². The zero-order chi connectivity index (χ0) is 33.5. The van der Waals surface area contributed by atoms with Crippen molar-refractivity contribution in [3.8, 4) is 11.3 Å². The number of carbonyl (C=O) groups is 2. The minimum absolute atomic E-state index is 0.0672. The highest BCUT2D eigenvalue weighted by atomic mass is 16.5. The number of anilines is 2. The van der Waals surface area contributed by atoms with Gasteiger partial charge in [0.2, 0.25) is 11.8 Å². The number of hydrogen-bond acceptors (Lipinski definition) is 12. The van der Waals surface area contributed by atoms with Crippen molar-refractivity contribution >= 4 is 45.8 Å². The molecule has 2 aromatic carbocycles. The van der Waals surface area contributed by atoms with E-state index < -0.39 is 0 Å². The second-order valence-corrected chi connectivity index (χ2v) is 11.4. The summed E-state index contributed by atoms with van der Waals surface area (Å²) in [5.74, 6) is 0.330. The lowest BCUT2D eigenvalue weighted by Crippen LogP contribution is -2.36. The van der Waals surface area contributed by atoms with E-state index >= 15 is 0 Å². The molecule has 0 aliphatic carbocycles. The van der Waals surface area contributed by atoms with Crippen molar-refractivity contribution in [3.05, 3.63) is 59.4 Å². The molecule has 1 aliphatic heterocycles. The fourth-order valence-electron chi connectivity index (χ4n) is 5.68. The van der Waals surface area contributed by atoms with E-state index in [1.807, 2.05) is 21.7 Å². The molecule has 2 amide bonds. The Bertz CT molecular complexity index is 1910. The van der Waals surface area contributed by atoms with E-state index in [9.17, 15) is 9.59 Å². The molecular weight excluding hydrogens is 618 g/mol. The van der Waals surface area contributed by atoms with Gasteiger partial charge < -0.3 is 40.3 Å². The number of fused-ring (bicyclic) bond motifs is 3. The summed E-state index contributed by atoms with van der Waals surface area (Å²) >= 11 is 0. The monoisotopic (exact) mass is 657 g/mol. The number of nitrogen functional groups attached to an aromatic ring is 2. The molecule has 0 fully saturated rings. The highest BCUT2D eigenvalue weighted by Crippen LogP contribution is 2.33. The number of ether oxygens (including phenoxy) is 3. The normalized spacial score (nSPS) is 12.9. The predicted molar refractivity (Wildman–Crippen MR) is 178 cm³/mol. The predicted octanol–water partition coefficient (Wildman–Crippen LogP) is 2.31. The molecule has 0 bridgehead atoms. The maximum Gasteiger partial charge on any atom is 0.292 e. The molecule has 3 aromatic heterocycles. The number of hydrogen-bond donors (Lipinski definition) is 3. The van der Waals surface area contributed by atoms with Gasteiger partial charge in [0, 0.05) is 32.1 Å². The number of oxazole rings is 1. The third-order valence-electron chi connectivity index (χ3n) is 8.03. The molecule has 0 radical (unpaired) electrons. The SMILES string of the molecule is CC(=O)NCCOCCOCCOCCC(=O)N1CCc2cc(Cn3nc(-c4ccc5oc(N)nc5c4)c4c(N)ncnc43)ccc2C1. The van der Waals surface area contributed by atoms with E-state index in [-0.39, 0.29) is 17.8 Å². The summed E-state index contributed by atoms with van der Waals surface area (Å²) in [5.41, 5.74) is 18.7. The summed E-state index contributed by atoms with van der Waals surface area (Å²) in [6.45, 7) is 6.14. The Labute approximate surface area is 276 Å². The smallest absolute Gasteiger partial charge is 0.292 e. The van der Waals surface area contributed by atoms with Crippen LogP contribution in [0.1, 0.15) is 30.0 Å². The number of amides is 2. The first-order valence-corrected chi connectivity index (χ1v) is 15.9. The molecule has 5 N–H and O–H groups in total. The van der Waals surface area contributed by atoms with Crippen molar-refractivity contribution in [1.29, 1.82) is 0 Å². The zero-order valence-electron chi connectivity index (χ0n) is 26.8. The molecule has 1 aliphatic rings. The van der Waals surface area contributed by atoms with Crippen molar-refractivity contribution in [1.82, 2.24) is 34.9 Å². The van der Waals surface area contributed by atoms with Gasteiger partial charge in [-0.3, -0.25) is 9.59 Å². The Morgan fingerprint density at radius 2 is 1.75 bits per heavy atom. The maximum absolute atomic E-state index is 12.9. The Morgan fingerprint density at radius 1 is 0.958 bits per heavy atom. The van der Waals surface area contributed by atoms with Crippen LogP contribution in [0.4, 0.5) is 11.8 Å². The first-order valence-electron chi connectivity index (χ1n) is 15.9. The van der Waals surface area contributed by atoms with Crippen LogP contribution in [0.15, 0.2) is 47.1 Å². The molecule has 48 heavy (non-hydrogen) atoms. The van der Waals surface area contributed by atoms with Gasteiger partial charge in [-0.1, -0.05) is 18.2 Å². The van der Waals surface area contributed by atoms with Crippen molar-refractivity contribution < 1.29 is 28.2 Å². The summed E-state index contributed by atoms with van der Waals surface area (Å²) in [6, 6.07) is 12.0. The summed E-state index contributed by atoms with van der Waals surface area (Å²) in [5, 5.41) is 8.23. The Balaban J connectivity index is 0.998. The number of nitrogens with zero attached hydrogens (tertiary/aromatic N) is 6. The van der Waals surface area contributed by atoms with Crippen LogP contribution >= 0.6 is 0 Å². The van der Waals surface area contributed by atoms with Crippen LogP contribution in [0.3, 0.4) is 0 Å². The number of aromatic nitrogens is 5. The van der Waals surface area contributed by atoms with E-state index in [2.05, 4.69) is 38.5 Å². The van der Waals surface area contributed by atoms with E-state index in [0.717, 1.165) is 23.1 Å². The number of benzene rings is 2. The molecule has 0 atom stereocenters. The van der Waals surface area contributed by atoms with Gasteiger partial charge in [0.05, 0.1) is 58.0 Å². The molecular formula is C33H39N9O6. The molecule has 5 aromatic rings. The Kier molecular flexibility index (Phi) is 10.4. The lowest BCUT2D eigenvalue weighted by molar-refractivity contribution is -0.133. The van der Waals surface area contributed by atoms with Gasteiger partial charge in [-0.25, -0.2) is 14.6 Å². The second kappa shape index (κ2) is 15.2. The number of rotatable bonds is 15. The van der Waals surface area contributed by atoms with E-state index in [0.29, 0.717) is 106 Å². The molecule has 252 valence electrons. The molecule has 4 heterocycles. The first kappa shape index (κ1) is 32.8. The number of nitrogens with two attached hydrogens (primary N) is 2. The molecule has 15 nitrogen and oxygen atoms in total. The van der Waals surface area contributed by atoms with Gasteiger partial charge in [0.15, 0.2) is 11.2 Å². The summed E-state index contributed by atoms with van der Waals surface area (Å²) in [6.07, 6.45) is 2.52. The minimum atomic E-state index is -0.0778. The summed E-state index contributed by atoms with van der Waals surface area (Å²) in [4.78, 5) is 38.5. The summed E-state index contributed by atoms with van der Waals surface area (Å²) < 4.78 is 23.7. The van der Waals surface area contributed by atoms with Crippen molar-refractivity contribution in [2.45, 2.75) is 32.9 Å². The molecule has 0 unspecified atom stereocenters. The number of carbonyl (C=O) groups excluding carboxylic acids is 2. The van der Waals surface area contributed by atoms with Gasteiger partial charge >= 0.3 is 0 Å². The summed E-state index contributed by atoms with van der Waals surface area (Å²) in [7, 11) is 0. The van der Waals surface area contributed by atoms with Crippen LogP contribution in [-0.2, 0) is 43.3 Å². The van der Waals surface area contributed by atoms with Crippen LogP contribution in [0.5, 0.6) is 0 Å². The van der Waals surface area contributed by atoms with E-state index in [1.165, 1.54) is 18.8 Å². The van der Waals surface area contributed by atoms with Crippen LogP contribution in [0.2, 0.25) is 0 Å². The second-order valence-electron chi connectivity index (χ2n) is 11.4. The molecule has 6 rings (SSSR count). The zero-order valence-corrected chi connectivity index (χ0v) is 26.8. The quantitative estimate of drug-likeness (QED) is 0.139. The van der Waals surface area contributed by atoms with Crippen LogP contribution in [0.25, 0.3) is 33.4 Å². The minimum Gasteiger partial charge on any atom is -0.424 e. The van der Waals surface area contributed by atoms with Gasteiger partial charge in [0.1, 0.15) is 23.4 Å². The lowest BCUT2D eigenvalue weighted by atomic mass is 9.97. The third kappa shape index (κ3) is 7.87. The highest BCUT2D eigenvalue weighted by Gasteiger charge is 2.22. The van der Waals surface area contributed by atoms with E-state index in [4.69, 9.17) is 35.2 Å². The average Bonchev–Trinajstić information content (AvgIpc) is 3.64. The molecule has 0 spiro atoms. The molecule has 0 saturated heterocycles. The molecule has 15 heteroatoms. The van der Waals surface area contributed by atoms with Crippen molar-refractivity contribution in [2.24, 2.45) is 0 Å². The van der Waals surface area contributed by atoms with Gasteiger partial charge in [-0.2, -0.15) is 10.1 Å². The fourth-order valence-corrected chi connectivity index (χ4v) is 5.68. The van der Waals surface area contributed by atoms with E-state index in [1.54, 1.807) is 6.07 Å². The molecule has 0 saturated carbocycles. The Hall–Kier alpha value is -5.12. The average molecular weight is 658 g/mol. The number of nitrogens with one attached hydrogen (secondary N) is 1. The van der Waals surface area contributed by atoms with Gasteiger partial charge in [0.25, 0.3) is 6.01 Å². The first-order chi connectivity index (χ1) is 23.4. The fraction of sp³-hybridized carbons (Fsp3) is 0.394. The standard InChI is InChI=1S/C33H39N9O6/c1-21(43)36-8-11-46-13-15-47-14-12-45-10-7-28(44)41-9-6-23-16-22(2-3-25(23)19-41)18-42-32-29(31(34)37-20-38-32)30(40-42)24-4-5-27-26(17-24)39-33(35)48-27/h2-5,16-17,20H,6-15,18-19H2,1H3,(H2,35,39)(H,36,43)(H2,34,37,38). The van der Waals surface area contributed by atoms with Crippen molar-refractivity contribution in [3.63, 3.8) is 0 Å². The van der Waals surface area contributed by atoms with Gasteiger partial charge in [-0.15, -0.1) is 0 Å².